The minimum absolute atomic E-state index is 0.0511. The van der Waals surface area contributed by atoms with Crippen LogP contribution in [0.4, 0.5) is 0 Å². The Labute approximate surface area is 141 Å². The molecule has 0 bridgehead atoms. The highest BCUT2D eigenvalue weighted by Crippen LogP contribution is 2.32. The number of ether oxygens (including phenoxy) is 1. The highest BCUT2D eigenvalue weighted by molar-refractivity contribution is 7.13. The molecule has 3 aromatic rings. The second kappa shape index (κ2) is 5.66. The Bertz CT molecular complexity index is 945. The third-order valence-corrected chi connectivity index (χ3v) is 4.57. The Morgan fingerprint density at radius 2 is 2.08 bits per heavy atom. The van der Waals surface area contributed by atoms with Crippen molar-refractivity contribution >= 4 is 23.0 Å². The summed E-state index contributed by atoms with van der Waals surface area (Å²) < 4.78 is 7.08. The van der Waals surface area contributed by atoms with E-state index >= 15 is 0 Å². The van der Waals surface area contributed by atoms with E-state index in [1.165, 1.54) is 11.3 Å². The zero-order valence-corrected chi connectivity index (χ0v) is 13.5. The minimum Gasteiger partial charge on any atom is -0.363 e. The molecule has 1 aliphatic rings. The van der Waals surface area contributed by atoms with E-state index < -0.39 is 12.1 Å². The third-order valence-electron chi connectivity index (χ3n) is 3.68. The van der Waals surface area contributed by atoms with Gasteiger partial charge in [0.15, 0.2) is 5.82 Å². The van der Waals surface area contributed by atoms with E-state index in [-0.39, 0.29) is 5.82 Å². The van der Waals surface area contributed by atoms with E-state index in [9.17, 15) is 4.79 Å². The Morgan fingerprint density at radius 3 is 2.79 bits per heavy atom. The zero-order valence-electron chi connectivity index (χ0n) is 12.7. The van der Waals surface area contributed by atoms with Gasteiger partial charge in [-0.2, -0.15) is 0 Å². The van der Waals surface area contributed by atoms with Gasteiger partial charge in [-0.3, -0.25) is 4.79 Å². The number of hydrogen-bond acceptors (Lipinski definition) is 6. The molecule has 4 rings (SSSR count). The van der Waals surface area contributed by atoms with Crippen molar-refractivity contribution in [1.29, 1.82) is 0 Å². The molecule has 7 nitrogen and oxygen atoms in total. The van der Waals surface area contributed by atoms with E-state index in [2.05, 4.69) is 10.1 Å². The minimum atomic E-state index is -0.684. The van der Waals surface area contributed by atoms with Crippen molar-refractivity contribution in [3.8, 4) is 5.00 Å². The fraction of sp³-hybridized carbons (Fsp3) is 0.125. The van der Waals surface area contributed by atoms with Gasteiger partial charge in [0.05, 0.1) is 5.71 Å². The number of amides is 1. The molecule has 2 aromatic heterocycles. The van der Waals surface area contributed by atoms with Crippen molar-refractivity contribution in [3.05, 3.63) is 64.6 Å². The molecule has 0 saturated carbocycles. The second-order valence-corrected chi connectivity index (χ2v) is 6.04. The standard InChI is InChI=1S/C16H13N5O2S/c1-23-15-14-19-13(12(17)22)20-21(14)16-10(7-8-24-16)11(18-15)9-5-3-2-4-6-9/h2-8,15H,1H3,(H2,17,22). The molecule has 3 heterocycles. The highest BCUT2D eigenvalue weighted by atomic mass is 32.1. The Balaban J connectivity index is 1.97. The van der Waals surface area contributed by atoms with Crippen molar-refractivity contribution in [1.82, 2.24) is 14.8 Å². The molecule has 1 aromatic carbocycles. The number of thiophene rings is 1. The summed E-state index contributed by atoms with van der Waals surface area (Å²) >= 11 is 1.49. The fourth-order valence-electron chi connectivity index (χ4n) is 2.61. The molecule has 0 saturated heterocycles. The lowest BCUT2D eigenvalue weighted by Crippen LogP contribution is -2.14. The summed E-state index contributed by atoms with van der Waals surface area (Å²) in [5.41, 5.74) is 8.00. The number of carbonyl (C=O) groups is 1. The Morgan fingerprint density at radius 1 is 1.29 bits per heavy atom. The molecule has 1 unspecified atom stereocenters. The van der Waals surface area contributed by atoms with Gasteiger partial charge in [-0.15, -0.1) is 16.4 Å². The summed E-state index contributed by atoms with van der Waals surface area (Å²) in [7, 11) is 1.54. The topological polar surface area (TPSA) is 95.4 Å². The van der Waals surface area contributed by atoms with Crippen LogP contribution in [-0.2, 0) is 4.74 Å². The molecule has 1 aliphatic heterocycles. The van der Waals surface area contributed by atoms with Gasteiger partial charge in [0.1, 0.15) is 5.00 Å². The first-order chi connectivity index (χ1) is 11.7. The van der Waals surface area contributed by atoms with Crippen LogP contribution in [0.25, 0.3) is 5.00 Å². The van der Waals surface area contributed by atoms with Crippen molar-refractivity contribution in [2.75, 3.05) is 7.11 Å². The van der Waals surface area contributed by atoms with Gasteiger partial charge >= 0.3 is 0 Å². The van der Waals surface area contributed by atoms with Gasteiger partial charge in [-0.25, -0.2) is 14.7 Å². The van der Waals surface area contributed by atoms with Crippen LogP contribution in [0, 0.1) is 0 Å². The summed E-state index contributed by atoms with van der Waals surface area (Å²) in [5, 5.41) is 7.01. The van der Waals surface area contributed by atoms with Crippen LogP contribution < -0.4 is 5.73 Å². The molecular weight excluding hydrogens is 326 g/mol. The maximum atomic E-state index is 11.4. The largest absolute Gasteiger partial charge is 0.363 e. The molecule has 0 aliphatic carbocycles. The number of rotatable bonds is 3. The maximum absolute atomic E-state index is 11.4. The first kappa shape index (κ1) is 14.7. The number of hydrogen-bond donors (Lipinski definition) is 1. The molecule has 0 fully saturated rings. The Hall–Kier alpha value is -2.84. The SMILES string of the molecule is COC1N=C(c2ccccc2)c2ccsc2-n2nc(C(N)=O)nc21. The van der Waals surface area contributed by atoms with Crippen molar-refractivity contribution < 1.29 is 9.53 Å². The van der Waals surface area contributed by atoms with Crippen LogP contribution in [0.3, 0.4) is 0 Å². The number of carbonyl (C=O) groups excluding carboxylic acids is 1. The number of aliphatic imine (C=N–C) groups is 1. The van der Waals surface area contributed by atoms with Gasteiger partial charge in [0.25, 0.3) is 5.91 Å². The number of primary amides is 1. The predicted octanol–water partition coefficient (Wildman–Crippen LogP) is 1.92. The lowest BCUT2D eigenvalue weighted by Gasteiger charge is -2.09. The number of methoxy groups -OCH3 is 1. The molecule has 1 atom stereocenters. The number of benzene rings is 1. The van der Waals surface area contributed by atoms with Crippen LogP contribution in [0.5, 0.6) is 0 Å². The molecule has 1 amide bonds. The van der Waals surface area contributed by atoms with E-state index in [1.54, 1.807) is 11.8 Å². The molecule has 8 heteroatoms. The van der Waals surface area contributed by atoms with Gasteiger partial charge in [-0.1, -0.05) is 30.3 Å². The highest BCUT2D eigenvalue weighted by Gasteiger charge is 2.29. The van der Waals surface area contributed by atoms with Crippen LogP contribution in [0.2, 0.25) is 0 Å². The number of aromatic nitrogens is 3. The Kier molecular flexibility index (Phi) is 3.47. The quantitative estimate of drug-likeness (QED) is 0.788. The summed E-state index contributed by atoms with van der Waals surface area (Å²) in [5.74, 6) is -0.304. The zero-order chi connectivity index (χ0) is 16.7. The van der Waals surface area contributed by atoms with Crippen molar-refractivity contribution in [2.24, 2.45) is 10.7 Å². The molecule has 0 radical (unpaired) electrons. The van der Waals surface area contributed by atoms with E-state index in [0.717, 1.165) is 21.8 Å². The predicted molar refractivity (Wildman–Crippen MR) is 89.6 cm³/mol. The summed E-state index contributed by atoms with van der Waals surface area (Å²) in [6.45, 7) is 0. The number of nitrogens with zero attached hydrogens (tertiary/aromatic N) is 4. The first-order valence-electron chi connectivity index (χ1n) is 7.20. The lowest BCUT2D eigenvalue weighted by atomic mass is 10.0. The monoisotopic (exact) mass is 339 g/mol. The molecule has 2 N–H and O–H groups in total. The molecule has 120 valence electrons. The summed E-state index contributed by atoms with van der Waals surface area (Å²) in [6, 6.07) is 11.8. The molecule has 0 spiro atoms. The smallest absolute Gasteiger partial charge is 0.288 e. The van der Waals surface area contributed by atoms with Crippen LogP contribution >= 0.6 is 11.3 Å². The van der Waals surface area contributed by atoms with Crippen LogP contribution in [0.15, 0.2) is 46.8 Å². The number of fused-ring (bicyclic) bond motifs is 3. The van der Waals surface area contributed by atoms with Gasteiger partial charge in [-0.05, 0) is 11.4 Å². The van der Waals surface area contributed by atoms with Gasteiger partial charge < -0.3 is 10.5 Å². The molecule has 24 heavy (non-hydrogen) atoms. The third kappa shape index (κ3) is 2.24. The molecular formula is C16H13N5O2S. The van der Waals surface area contributed by atoms with Crippen molar-refractivity contribution in [2.45, 2.75) is 6.23 Å². The van der Waals surface area contributed by atoms with Crippen molar-refractivity contribution in [3.63, 3.8) is 0 Å². The summed E-state index contributed by atoms with van der Waals surface area (Å²) in [6.07, 6.45) is -0.680. The maximum Gasteiger partial charge on any atom is 0.288 e. The second-order valence-electron chi connectivity index (χ2n) is 5.14. The van der Waals surface area contributed by atoms with E-state index in [0.29, 0.717) is 5.82 Å². The van der Waals surface area contributed by atoms with Gasteiger partial charge in [0, 0.05) is 18.2 Å². The van der Waals surface area contributed by atoms with E-state index in [4.69, 9.17) is 15.5 Å². The first-order valence-corrected chi connectivity index (χ1v) is 8.08. The normalized spacial score (nSPS) is 16.0. The average molecular weight is 339 g/mol. The van der Waals surface area contributed by atoms with Gasteiger partial charge in [0.2, 0.25) is 12.1 Å². The lowest BCUT2D eigenvalue weighted by molar-refractivity contribution is 0.0985. The fourth-order valence-corrected chi connectivity index (χ4v) is 3.47. The average Bonchev–Trinajstić information content (AvgIpc) is 3.21. The van der Waals surface area contributed by atoms with Crippen LogP contribution in [0.1, 0.15) is 33.8 Å². The summed E-state index contributed by atoms with van der Waals surface area (Å²) in [4.78, 5) is 20.4. The number of nitrogens with two attached hydrogens (primary N) is 1. The van der Waals surface area contributed by atoms with Crippen LogP contribution in [-0.4, -0.2) is 33.5 Å². The van der Waals surface area contributed by atoms with E-state index in [1.807, 2.05) is 41.8 Å².